The van der Waals surface area contributed by atoms with Crippen LogP contribution in [0.3, 0.4) is 0 Å². The number of halogens is 1. The Morgan fingerprint density at radius 3 is 2.07 bits per heavy atom. The second-order valence-electron chi connectivity index (χ2n) is 7.21. The smallest absolute Gasteiger partial charge is 0.206 e. The molecule has 2 aromatic rings. The van der Waals surface area contributed by atoms with Gasteiger partial charge in [-0.15, -0.1) is 0 Å². The van der Waals surface area contributed by atoms with Gasteiger partial charge >= 0.3 is 0 Å². The summed E-state index contributed by atoms with van der Waals surface area (Å²) >= 11 is 3.31. The highest BCUT2D eigenvalue weighted by atomic mass is 79.9. The predicted molar refractivity (Wildman–Crippen MR) is 107 cm³/mol. The average Bonchev–Trinajstić information content (AvgIpc) is 2.68. The summed E-state index contributed by atoms with van der Waals surface area (Å²) in [4.78, 5) is 2.74. The molecule has 3 fully saturated rings. The molecule has 3 aliphatic rings. The largest absolute Gasteiger partial charge is 0.376 e. The monoisotopic (exact) mass is 445 g/mol. The summed E-state index contributed by atoms with van der Waals surface area (Å²) in [5, 5.41) is 10.9. The van der Waals surface area contributed by atoms with E-state index in [1.807, 2.05) is 0 Å². The SMILES string of the molecule is O=S(=O)(c1ccc(Br)cc1)c1ccc(C#CC2(O)CN3CCC2CC3)cc1. The van der Waals surface area contributed by atoms with Crippen molar-refractivity contribution in [2.24, 2.45) is 5.92 Å². The third-order valence-corrected chi connectivity index (χ3v) is 7.75. The minimum Gasteiger partial charge on any atom is -0.376 e. The van der Waals surface area contributed by atoms with Crippen molar-refractivity contribution in [1.29, 1.82) is 0 Å². The fraction of sp³-hybridized carbons (Fsp3) is 0.333. The van der Waals surface area contributed by atoms with Crippen LogP contribution in [0.1, 0.15) is 18.4 Å². The standard InChI is InChI=1S/C21H20BrNO3S/c22-18-3-7-20(8-4-18)27(25,26)19-5-1-16(2-6-19)9-12-21(24)15-23-13-10-17(21)11-14-23/h1-8,17,24H,10-11,13-15H2. The molecule has 3 heterocycles. The quantitative estimate of drug-likeness (QED) is 0.721. The summed E-state index contributed by atoms with van der Waals surface area (Å²) in [6.45, 7) is 2.68. The number of piperidine rings is 3. The fourth-order valence-electron chi connectivity index (χ4n) is 3.83. The van der Waals surface area contributed by atoms with E-state index >= 15 is 0 Å². The summed E-state index contributed by atoms with van der Waals surface area (Å²) < 4.78 is 26.2. The first-order chi connectivity index (χ1) is 12.9. The zero-order valence-corrected chi connectivity index (χ0v) is 17.1. The number of hydrogen-bond donors (Lipinski definition) is 1. The number of benzene rings is 2. The van der Waals surface area contributed by atoms with E-state index in [2.05, 4.69) is 32.7 Å². The molecule has 3 aliphatic heterocycles. The molecule has 0 aromatic heterocycles. The lowest BCUT2D eigenvalue weighted by atomic mass is 9.76. The number of aliphatic hydroxyl groups is 1. The number of nitrogens with zero attached hydrogens (tertiary/aromatic N) is 1. The molecular weight excluding hydrogens is 426 g/mol. The number of sulfone groups is 1. The molecule has 27 heavy (non-hydrogen) atoms. The zero-order chi connectivity index (χ0) is 19.1. The molecule has 3 saturated heterocycles. The second-order valence-corrected chi connectivity index (χ2v) is 10.1. The maximum Gasteiger partial charge on any atom is 0.206 e. The van der Waals surface area contributed by atoms with E-state index in [9.17, 15) is 13.5 Å². The van der Waals surface area contributed by atoms with Crippen molar-refractivity contribution < 1.29 is 13.5 Å². The van der Waals surface area contributed by atoms with Gasteiger partial charge in [-0.05, 0) is 74.5 Å². The lowest BCUT2D eigenvalue weighted by Crippen LogP contribution is -2.58. The van der Waals surface area contributed by atoms with Crippen LogP contribution < -0.4 is 0 Å². The van der Waals surface area contributed by atoms with Gasteiger partial charge in [-0.1, -0.05) is 27.8 Å². The molecule has 4 nitrogen and oxygen atoms in total. The van der Waals surface area contributed by atoms with Gasteiger partial charge in [-0.25, -0.2) is 8.42 Å². The van der Waals surface area contributed by atoms with Gasteiger partial charge in [0.1, 0.15) is 5.60 Å². The summed E-state index contributed by atoms with van der Waals surface area (Å²) in [5.74, 6) is 6.32. The van der Waals surface area contributed by atoms with Crippen LogP contribution in [-0.4, -0.2) is 43.7 Å². The van der Waals surface area contributed by atoms with Crippen molar-refractivity contribution in [2.45, 2.75) is 28.2 Å². The van der Waals surface area contributed by atoms with Gasteiger partial charge in [0.05, 0.1) is 9.79 Å². The first kappa shape index (κ1) is 18.7. The van der Waals surface area contributed by atoms with Gasteiger partial charge in [-0.2, -0.15) is 0 Å². The summed E-state index contributed by atoms with van der Waals surface area (Å²) in [6.07, 6.45) is 1.96. The number of fused-ring (bicyclic) bond motifs is 3. The molecule has 5 rings (SSSR count). The highest BCUT2D eigenvalue weighted by Crippen LogP contribution is 2.35. The van der Waals surface area contributed by atoms with Crippen molar-refractivity contribution in [2.75, 3.05) is 19.6 Å². The van der Waals surface area contributed by atoms with E-state index < -0.39 is 15.4 Å². The van der Waals surface area contributed by atoms with Gasteiger partial charge in [0.2, 0.25) is 9.84 Å². The summed E-state index contributed by atoms with van der Waals surface area (Å²) in [6, 6.07) is 13.1. The zero-order valence-electron chi connectivity index (χ0n) is 14.7. The fourth-order valence-corrected chi connectivity index (χ4v) is 5.35. The topological polar surface area (TPSA) is 57.6 Å². The van der Waals surface area contributed by atoms with Gasteiger partial charge < -0.3 is 5.11 Å². The Hall–Kier alpha value is -1.65. The molecule has 6 heteroatoms. The maximum atomic E-state index is 12.7. The van der Waals surface area contributed by atoms with E-state index in [1.165, 1.54) is 0 Å². The van der Waals surface area contributed by atoms with E-state index in [1.54, 1.807) is 48.5 Å². The third kappa shape index (κ3) is 3.70. The average molecular weight is 446 g/mol. The summed E-state index contributed by atoms with van der Waals surface area (Å²) in [5.41, 5.74) is -0.256. The third-order valence-electron chi connectivity index (χ3n) is 5.44. The van der Waals surface area contributed by atoms with E-state index in [-0.39, 0.29) is 15.7 Å². The Morgan fingerprint density at radius 2 is 1.56 bits per heavy atom. The van der Waals surface area contributed by atoms with Crippen molar-refractivity contribution in [1.82, 2.24) is 4.90 Å². The van der Waals surface area contributed by atoms with E-state index in [4.69, 9.17) is 0 Å². The molecule has 0 aliphatic carbocycles. The normalized spacial score (nSPS) is 27.0. The van der Waals surface area contributed by atoms with Crippen molar-refractivity contribution in [3.8, 4) is 11.8 Å². The maximum absolute atomic E-state index is 12.7. The minimum absolute atomic E-state index is 0.229. The van der Waals surface area contributed by atoms with Crippen molar-refractivity contribution in [3.63, 3.8) is 0 Å². The highest BCUT2D eigenvalue weighted by molar-refractivity contribution is 9.10. The molecule has 0 amide bonds. The number of rotatable bonds is 2. The highest BCUT2D eigenvalue weighted by Gasteiger charge is 2.44. The molecular formula is C21H20BrNO3S. The Kier molecular flexibility index (Phi) is 4.89. The molecule has 0 radical (unpaired) electrons. The van der Waals surface area contributed by atoms with Crippen LogP contribution >= 0.6 is 15.9 Å². The van der Waals surface area contributed by atoms with Crippen LogP contribution in [0.15, 0.2) is 62.8 Å². The molecule has 1 unspecified atom stereocenters. The van der Waals surface area contributed by atoms with Gasteiger partial charge in [0.15, 0.2) is 0 Å². The Morgan fingerprint density at radius 1 is 1.00 bits per heavy atom. The van der Waals surface area contributed by atoms with Crippen LogP contribution in [0.5, 0.6) is 0 Å². The Bertz CT molecular complexity index is 998. The van der Waals surface area contributed by atoms with E-state index in [0.717, 1.165) is 30.4 Å². The molecule has 0 spiro atoms. The van der Waals surface area contributed by atoms with Crippen LogP contribution in [0.25, 0.3) is 0 Å². The van der Waals surface area contributed by atoms with Crippen LogP contribution in [0, 0.1) is 17.8 Å². The molecule has 2 aromatic carbocycles. The minimum atomic E-state index is -3.55. The van der Waals surface area contributed by atoms with Gasteiger partial charge in [0.25, 0.3) is 0 Å². The first-order valence-electron chi connectivity index (χ1n) is 8.95. The van der Waals surface area contributed by atoms with E-state index in [0.29, 0.717) is 12.1 Å². The Labute approximate surface area is 168 Å². The number of hydrogen-bond acceptors (Lipinski definition) is 4. The predicted octanol–water partition coefficient (Wildman–Crippen LogP) is 3.09. The second kappa shape index (κ2) is 7.06. The molecule has 1 N–H and O–H groups in total. The Balaban J connectivity index is 1.56. The molecule has 2 bridgehead atoms. The van der Waals surface area contributed by atoms with Gasteiger partial charge in [-0.3, -0.25) is 4.90 Å². The van der Waals surface area contributed by atoms with Crippen molar-refractivity contribution >= 4 is 25.8 Å². The van der Waals surface area contributed by atoms with Crippen LogP contribution in [-0.2, 0) is 9.84 Å². The van der Waals surface area contributed by atoms with Crippen molar-refractivity contribution in [3.05, 3.63) is 58.6 Å². The molecule has 1 atom stereocenters. The molecule has 140 valence electrons. The lowest BCUT2D eigenvalue weighted by Gasteiger charge is -2.47. The summed E-state index contributed by atoms with van der Waals surface area (Å²) in [7, 11) is -3.55. The van der Waals surface area contributed by atoms with Crippen LogP contribution in [0.4, 0.5) is 0 Å². The first-order valence-corrected chi connectivity index (χ1v) is 11.2. The lowest BCUT2D eigenvalue weighted by molar-refractivity contribution is -0.0713. The van der Waals surface area contributed by atoms with Crippen LogP contribution in [0.2, 0.25) is 0 Å². The van der Waals surface area contributed by atoms with Gasteiger partial charge in [0, 0.05) is 22.5 Å². The molecule has 0 saturated carbocycles.